The van der Waals surface area contributed by atoms with Gasteiger partial charge in [-0.3, -0.25) is 0 Å². The highest BCUT2D eigenvalue weighted by molar-refractivity contribution is 5.28. The molecule has 1 aromatic carbocycles. The number of halogens is 1. The van der Waals surface area contributed by atoms with E-state index in [0.717, 1.165) is 31.2 Å². The summed E-state index contributed by atoms with van der Waals surface area (Å²) in [6, 6.07) is 5.18. The van der Waals surface area contributed by atoms with Gasteiger partial charge >= 0.3 is 0 Å². The van der Waals surface area contributed by atoms with Crippen LogP contribution in [0.2, 0.25) is 0 Å². The maximum absolute atomic E-state index is 13.1. The fraction of sp³-hybridized carbons (Fsp3) is 0.538. The predicted octanol–water partition coefficient (Wildman–Crippen LogP) is 3.15. The van der Waals surface area contributed by atoms with Gasteiger partial charge in [0.1, 0.15) is 5.82 Å². The Balaban J connectivity index is 2.24. The average molecular weight is 208 g/mol. The molecule has 0 aromatic heterocycles. The number of aryl methyl sites for hydroxylation is 1. The predicted molar refractivity (Wildman–Crippen MR) is 58.4 cm³/mol. The Labute approximate surface area is 89.9 Å². The quantitative estimate of drug-likeness (QED) is 0.751. The fourth-order valence-electron chi connectivity index (χ4n) is 2.40. The summed E-state index contributed by atoms with van der Waals surface area (Å²) in [7, 11) is 0. The van der Waals surface area contributed by atoms with Gasteiger partial charge in [-0.2, -0.15) is 0 Å². The number of aliphatic hydroxyl groups excluding tert-OH is 1. The molecule has 0 saturated heterocycles. The van der Waals surface area contributed by atoms with E-state index >= 15 is 0 Å². The summed E-state index contributed by atoms with van der Waals surface area (Å²) in [6.45, 7) is 1.77. The number of aliphatic hydroxyl groups is 1. The Bertz CT molecular complexity index is 348. The highest BCUT2D eigenvalue weighted by atomic mass is 19.1. The van der Waals surface area contributed by atoms with E-state index in [1.54, 1.807) is 6.92 Å². The van der Waals surface area contributed by atoms with Gasteiger partial charge in [0.25, 0.3) is 0 Å². The van der Waals surface area contributed by atoms with Gasteiger partial charge in [0.15, 0.2) is 0 Å². The van der Waals surface area contributed by atoms with Crippen LogP contribution in [-0.2, 0) is 0 Å². The van der Waals surface area contributed by atoms with E-state index in [-0.39, 0.29) is 17.8 Å². The molecule has 2 heteroatoms. The lowest BCUT2D eigenvalue weighted by Crippen LogP contribution is -2.22. The minimum Gasteiger partial charge on any atom is -0.392 e. The molecule has 0 radical (unpaired) electrons. The zero-order valence-electron chi connectivity index (χ0n) is 9.04. The molecule has 0 bridgehead atoms. The van der Waals surface area contributed by atoms with Gasteiger partial charge in [0.05, 0.1) is 6.10 Å². The largest absolute Gasteiger partial charge is 0.392 e. The van der Waals surface area contributed by atoms with Crippen LogP contribution in [0.4, 0.5) is 4.39 Å². The molecule has 1 aromatic rings. The van der Waals surface area contributed by atoms with Crippen LogP contribution in [0.15, 0.2) is 18.2 Å². The molecule has 0 heterocycles. The Morgan fingerprint density at radius 2 is 2.00 bits per heavy atom. The topological polar surface area (TPSA) is 20.2 Å². The van der Waals surface area contributed by atoms with Crippen molar-refractivity contribution in [2.45, 2.75) is 44.6 Å². The number of benzene rings is 1. The van der Waals surface area contributed by atoms with Gasteiger partial charge in [-0.25, -0.2) is 4.39 Å². The Morgan fingerprint density at radius 1 is 1.27 bits per heavy atom. The van der Waals surface area contributed by atoms with E-state index in [0.29, 0.717) is 5.56 Å². The van der Waals surface area contributed by atoms with Crippen molar-refractivity contribution in [3.63, 3.8) is 0 Å². The van der Waals surface area contributed by atoms with Crippen LogP contribution in [0.3, 0.4) is 0 Å². The van der Waals surface area contributed by atoms with E-state index in [1.807, 2.05) is 12.1 Å². The molecule has 0 spiro atoms. The molecule has 1 N–H and O–H groups in total. The Kier molecular flexibility index (Phi) is 3.06. The second kappa shape index (κ2) is 4.31. The lowest BCUT2D eigenvalue weighted by atomic mass is 9.81. The van der Waals surface area contributed by atoms with E-state index in [4.69, 9.17) is 0 Å². The number of rotatable bonds is 1. The Hall–Kier alpha value is -0.890. The fourth-order valence-corrected chi connectivity index (χ4v) is 2.40. The summed E-state index contributed by atoms with van der Waals surface area (Å²) in [6.07, 6.45) is 3.92. The van der Waals surface area contributed by atoms with Crippen molar-refractivity contribution in [2.24, 2.45) is 0 Å². The van der Waals surface area contributed by atoms with Gasteiger partial charge in [-0.15, -0.1) is 0 Å². The Morgan fingerprint density at radius 3 is 2.67 bits per heavy atom. The molecule has 2 atom stereocenters. The van der Waals surface area contributed by atoms with Gasteiger partial charge in [0.2, 0.25) is 0 Å². The summed E-state index contributed by atoms with van der Waals surface area (Å²) in [5, 5.41) is 9.89. The highest BCUT2D eigenvalue weighted by Crippen LogP contribution is 2.33. The van der Waals surface area contributed by atoms with Gasteiger partial charge in [-0.1, -0.05) is 25.0 Å². The van der Waals surface area contributed by atoms with Crippen LogP contribution < -0.4 is 0 Å². The van der Waals surface area contributed by atoms with Crippen LogP contribution in [0.25, 0.3) is 0 Å². The molecule has 1 nitrogen and oxygen atoms in total. The van der Waals surface area contributed by atoms with Crippen molar-refractivity contribution in [2.75, 3.05) is 0 Å². The zero-order valence-corrected chi connectivity index (χ0v) is 9.04. The molecule has 82 valence electrons. The monoisotopic (exact) mass is 208 g/mol. The summed E-state index contributed by atoms with van der Waals surface area (Å²) in [4.78, 5) is 0. The van der Waals surface area contributed by atoms with E-state index in [1.165, 1.54) is 6.07 Å². The first-order valence-electron chi connectivity index (χ1n) is 5.62. The molecule has 15 heavy (non-hydrogen) atoms. The lowest BCUT2D eigenvalue weighted by Gasteiger charge is -2.28. The maximum atomic E-state index is 13.1. The number of hydrogen-bond donors (Lipinski definition) is 1. The molecule has 2 rings (SSSR count). The molecule has 0 aliphatic heterocycles. The number of hydrogen-bond acceptors (Lipinski definition) is 1. The summed E-state index contributed by atoms with van der Waals surface area (Å²) in [5.74, 6) is 0.0436. The van der Waals surface area contributed by atoms with E-state index in [9.17, 15) is 9.50 Å². The van der Waals surface area contributed by atoms with Crippen LogP contribution in [0.1, 0.15) is 42.7 Å². The minimum absolute atomic E-state index is 0.163. The van der Waals surface area contributed by atoms with Crippen molar-refractivity contribution < 1.29 is 9.50 Å². The van der Waals surface area contributed by atoms with Gasteiger partial charge < -0.3 is 5.11 Å². The second-order valence-corrected chi connectivity index (χ2v) is 4.47. The summed E-state index contributed by atoms with van der Waals surface area (Å²) >= 11 is 0. The van der Waals surface area contributed by atoms with E-state index < -0.39 is 0 Å². The standard InChI is InChI=1S/C13H17FO/c1-9-8-10(6-7-12(9)14)11-4-2-3-5-13(11)15/h6-8,11,13,15H,2-5H2,1H3/t11-,13-/m0/s1. The van der Waals surface area contributed by atoms with Crippen LogP contribution in [0.5, 0.6) is 0 Å². The van der Waals surface area contributed by atoms with Crippen LogP contribution >= 0.6 is 0 Å². The molecule has 1 fully saturated rings. The first-order valence-corrected chi connectivity index (χ1v) is 5.62. The molecule has 0 amide bonds. The van der Waals surface area contributed by atoms with Crippen molar-refractivity contribution in [3.05, 3.63) is 35.1 Å². The summed E-state index contributed by atoms with van der Waals surface area (Å²) in [5.41, 5.74) is 1.76. The van der Waals surface area contributed by atoms with Crippen molar-refractivity contribution in [3.8, 4) is 0 Å². The molecular weight excluding hydrogens is 191 g/mol. The molecule has 1 aliphatic rings. The van der Waals surface area contributed by atoms with Crippen molar-refractivity contribution >= 4 is 0 Å². The lowest BCUT2D eigenvalue weighted by molar-refractivity contribution is 0.106. The normalized spacial score (nSPS) is 26.6. The third-order valence-corrected chi connectivity index (χ3v) is 3.34. The second-order valence-electron chi connectivity index (χ2n) is 4.47. The molecule has 1 saturated carbocycles. The van der Waals surface area contributed by atoms with Gasteiger partial charge in [0, 0.05) is 5.92 Å². The first-order chi connectivity index (χ1) is 7.18. The first kappa shape index (κ1) is 10.6. The average Bonchev–Trinajstić information content (AvgIpc) is 2.23. The van der Waals surface area contributed by atoms with Crippen LogP contribution in [0, 0.1) is 12.7 Å². The highest BCUT2D eigenvalue weighted by Gasteiger charge is 2.24. The molecule has 1 aliphatic carbocycles. The zero-order chi connectivity index (χ0) is 10.8. The SMILES string of the molecule is Cc1cc([C@@H]2CCCC[C@@H]2O)ccc1F. The minimum atomic E-state index is -0.247. The van der Waals surface area contributed by atoms with E-state index in [2.05, 4.69) is 0 Å². The maximum Gasteiger partial charge on any atom is 0.126 e. The van der Waals surface area contributed by atoms with Crippen molar-refractivity contribution in [1.29, 1.82) is 0 Å². The smallest absolute Gasteiger partial charge is 0.126 e. The van der Waals surface area contributed by atoms with Crippen molar-refractivity contribution in [1.82, 2.24) is 0 Å². The third kappa shape index (κ3) is 2.20. The van der Waals surface area contributed by atoms with Gasteiger partial charge in [-0.05, 0) is 37.0 Å². The summed E-state index contributed by atoms with van der Waals surface area (Å²) < 4.78 is 13.1. The van der Waals surface area contributed by atoms with Crippen LogP contribution in [-0.4, -0.2) is 11.2 Å². The molecule has 0 unspecified atom stereocenters. The molecular formula is C13H17FO. The third-order valence-electron chi connectivity index (χ3n) is 3.34.